The van der Waals surface area contributed by atoms with Crippen LogP contribution in [0.5, 0.6) is 0 Å². The minimum Gasteiger partial charge on any atom is -0.381 e. The van der Waals surface area contributed by atoms with Crippen molar-refractivity contribution in [1.29, 1.82) is 0 Å². The van der Waals surface area contributed by atoms with Gasteiger partial charge >= 0.3 is 0 Å². The van der Waals surface area contributed by atoms with Gasteiger partial charge < -0.3 is 15.0 Å². The van der Waals surface area contributed by atoms with Gasteiger partial charge in [-0.2, -0.15) is 0 Å². The van der Waals surface area contributed by atoms with Crippen LogP contribution in [-0.2, 0) is 4.74 Å². The summed E-state index contributed by atoms with van der Waals surface area (Å²) in [6.45, 7) is 12.7. The van der Waals surface area contributed by atoms with Crippen molar-refractivity contribution in [1.82, 2.24) is 15.1 Å². The van der Waals surface area contributed by atoms with E-state index in [0.717, 1.165) is 38.8 Å². The van der Waals surface area contributed by atoms with Crippen LogP contribution in [0.1, 0.15) is 46.5 Å². The molecule has 0 saturated carbocycles. The first-order chi connectivity index (χ1) is 11.1. The molecule has 3 atom stereocenters. The summed E-state index contributed by atoms with van der Waals surface area (Å²) in [5, 5.41) is 3.44. The van der Waals surface area contributed by atoms with Gasteiger partial charge in [0.05, 0.1) is 13.2 Å². The second kappa shape index (κ2) is 11.5. The van der Waals surface area contributed by atoms with E-state index in [4.69, 9.17) is 9.73 Å². The van der Waals surface area contributed by atoms with Gasteiger partial charge in [-0.3, -0.25) is 9.89 Å². The monoisotopic (exact) mass is 452 g/mol. The molecule has 6 heteroatoms. The third kappa shape index (κ3) is 6.67. The first-order valence-corrected chi connectivity index (χ1v) is 9.44. The summed E-state index contributed by atoms with van der Waals surface area (Å²) < 4.78 is 5.49. The Bertz CT molecular complexity index is 374. The van der Waals surface area contributed by atoms with Gasteiger partial charge in [0.15, 0.2) is 5.96 Å². The molecule has 0 aromatic rings. The summed E-state index contributed by atoms with van der Waals surface area (Å²) in [4.78, 5) is 9.81. The fourth-order valence-corrected chi connectivity index (χ4v) is 3.77. The topological polar surface area (TPSA) is 40.1 Å². The molecule has 2 aliphatic rings. The van der Waals surface area contributed by atoms with Crippen molar-refractivity contribution in [2.45, 2.75) is 58.5 Å². The number of aliphatic imine (C=N–C) groups is 1. The second-order valence-corrected chi connectivity index (χ2v) is 7.24. The molecule has 0 bridgehead atoms. The maximum absolute atomic E-state index is 5.49. The number of hydrogen-bond donors (Lipinski definition) is 1. The molecule has 2 heterocycles. The highest BCUT2D eigenvalue weighted by Gasteiger charge is 2.23. The maximum Gasteiger partial charge on any atom is 0.193 e. The third-order valence-corrected chi connectivity index (χ3v) is 5.18. The number of halogens is 1. The van der Waals surface area contributed by atoms with Gasteiger partial charge in [-0.05, 0) is 46.6 Å². The van der Waals surface area contributed by atoms with Crippen LogP contribution in [0.4, 0.5) is 0 Å². The lowest BCUT2D eigenvalue weighted by Gasteiger charge is -2.37. The zero-order valence-corrected chi connectivity index (χ0v) is 18.3. The molecule has 0 amide bonds. The van der Waals surface area contributed by atoms with Crippen molar-refractivity contribution in [2.75, 3.05) is 46.4 Å². The van der Waals surface area contributed by atoms with Crippen LogP contribution in [0.25, 0.3) is 0 Å². The van der Waals surface area contributed by atoms with Gasteiger partial charge in [0.2, 0.25) is 0 Å². The fourth-order valence-electron chi connectivity index (χ4n) is 3.77. The Morgan fingerprint density at radius 1 is 1.38 bits per heavy atom. The predicted molar refractivity (Wildman–Crippen MR) is 112 cm³/mol. The molecule has 0 spiro atoms. The lowest BCUT2D eigenvalue weighted by molar-refractivity contribution is 0.118. The summed E-state index contributed by atoms with van der Waals surface area (Å²) in [5.41, 5.74) is 0. The van der Waals surface area contributed by atoms with E-state index in [-0.39, 0.29) is 24.0 Å². The lowest BCUT2D eigenvalue weighted by atomic mass is 10.0. The number of nitrogens with zero attached hydrogens (tertiary/aromatic N) is 3. The standard InChI is InChI=1S/C18H36N4O.HI/c1-5-19-18(21(4)13-17-9-11-23-14-17)20-12-16(3)22-10-7-6-8-15(22)2;/h15-17H,5-14H2,1-4H3,(H,19,20);1H. The predicted octanol–water partition coefficient (Wildman–Crippen LogP) is 2.80. The largest absolute Gasteiger partial charge is 0.381 e. The van der Waals surface area contributed by atoms with E-state index in [0.29, 0.717) is 18.0 Å². The molecule has 2 fully saturated rings. The van der Waals surface area contributed by atoms with E-state index >= 15 is 0 Å². The number of piperidine rings is 1. The Hall–Kier alpha value is -0.0800. The Morgan fingerprint density at radius 2 is 2.17 bits per heavy atom. The number of hydrogen-bond acceptors (Lipinski definition) is 3. The third-order valence-electron chi connectivity index (χ3n) is 5.18. The Morgan fingerprint density at radius 3 is 2.79 bits per heavy atom. The van der Waals surface area contributed by atoms with Crippen LogP contribution >= 0.6 is 24.0 Å². The summed E-state index contributed by atoms with van der Waals surface area (Å²) in [6, 6.07) is 1.21. The highest BCUT2D eigenvalue weighted by Crippen LogP contribution is 2.19. The highest BCUT2D eigenvalue weighted by molar-refractivity contribution is 14.0. The fraction of sp³-hybridized carbons (Fsp3) is 0.944. The van der Waals surface area contributed by atoms with Gasteiger partial charge in [-0.1, -0.05) is 6.42 Å². The molecule has 3 unspecified atom stereocenters. The number of nitrogens with one attached hydrogen (secondary N) is 1. The number of likely N-dealkylation sites (tertiary alicyclic amines) is 1. The molecule has 5 nitrogen and oxygen atoms in total. The second-order valence-electron chi connectivity index (χ2n) is 7.24. The maximum atomic E-state index is 5.49. The number of ether oxygens (including phenoxy) is 1. The summed E-state index contributed by atoms with van der Waals surface area (Å²) in [6.07, 6.45) is 5.21. The molecule has 2 aliphatic heterocycles. The summed E-state index contributed by atoms with van der Waals surface area (Å²) >= 11 is 0. The zero-order valence-electron chi connectivity index (χ0n) is 16.0. The highest BCUT2D eigenvalue weighted by atomic mass is 127. The Labute approximate surface area is 165 Å². The average Bonchev–Trinajstić information content (AvgIpc) is 3.04. The Balaban J connectivity index is 0.00000288. The van der Waals surface area contributed by atoms with Gasteiger partial charge in [0, 0.05) is 44.7 Å². The molecule has 0 radical (unpaired) electrons. The van der Waals surface area contributed by atoms with E-state index in [1.165, 1.54) is 32.2 Å². The Kier molecular flexibility index (Phi) is 10.5. The van der Waals surface area contributed by atoms with Crippen LogP contribution in [0, 0.1) is 5.92 Å². The number of guanidine groups is 1. The molecular weight excluding hydrogens is 415 g/mol. The van der Waals surface area contributed by atoms with E-state index < -0.39 is 0 Å². The normalized spacial score (nSPS) is 26.8. The van der Waals surface area contributed by atoms with Crippen molar-refractivity contribution >= 4 is 29.9 Å². The van der Waals surface area contributed by atoms with Crippen molar-refractivity contribution in [3.8, 4) is 0 Å². The SMILES string of the molecule is CCNC(=NCC(C)N1CCCCC1C)N(C)CC1CCOC1.I. The van der Waals surface area contributed by atoms with E-state index in [9.17, 15) is 0 Å². The molecule has 142 valence electrons. The van der Waals surface area contributed by atoms with Gasteiger partial charge in [-0.15, -0.1) is 24.0 Å². The van der Waals surface area contributed by atoms with Gasteiger partial charge in [0.25, 0.3) is 0 Å². The van der Waals surface area contributed by atoms with Crippen LogP contribution in [0.2, 0.25) is 0 Å². The molecule has 24 heavy (non-hydrogen) atoms. The van der Waals surface area contributed by atoms with Crippen molar-refractivity contribution < 1.29 is 4.74 Å². The van der Waals surface area contributed by atoms with E-state index in [1.54, 1.807) is 0 Å². The van der Waals surface area contributed by atoms with Crippen LogP contribution < -0.4 is 5.32 Å². The van der Waals surface area contributed by atoms with Crippen LogP contribution in [0.15, 0.2) is 4.99 Å². The van der Waals surface area contributed by atoms with E-state index in [2.05, 4.69) is 42.9 Å². The van der Waals surface area contributed by atoms with Gasteiger partial charge in [0.1, 0.15) is 0 Å². The average molecular weight is 452 g/mol. The van der Waals surface area contributed by atoms with Crippen LogP contribution in [-0.4, -0.2) is 74.3 Å². The molecule has 1 N–H and O–H groups in total. The first-order valence-electron chi connectivity index (χ1n) is 9.44. The van der Waals surface area contributed by atoms with Crippen molar-refractivity contribution in [2.24, 2.45) is 10.9 Å². The number of rotatable bonds is 6. The molecule has 2 rings (SSSR count). The van der Waals surface area contributed by atoms with Gasteiger partial charge in [-0.25, -0.2) is 0 Å². The molecule has 0 aromatic heterocycles. The van der Waals surface area contributed by atoms with E-state index in [1.807, 2.05) is 0 Å². The molecule has 2 saturated heterocycles. The minimum absolute atomic E-state index is 0. The zero-order chi connectivity index (χ0) is 16.7. The smallest absolute Gasteiger partial charge is 0.193 e. The first kappa shape index (κ1) is 22.0. The van der Waals surface area contributed by atoms with Crippen molar-refractivity contribution in [3.05, 3.63) is 0 Å². The lowest BCUT2D eigenvalue weighted by Crippen LogP contribution is -2.46. The van der Waals surface area contributed by atoms with Crippen molar-refractivity contribution in [3.63, 3.8) is 0 Å². The quantitative estimate of drug-likeness (QED) is 0.382. The summed E-state index contributed by atoms with van der Waals surface area (Å²) in [7, 11) is 2.15. The molecule has 0 aromatic carbocycles. The molecular formula is C18H37IN4O. The summed E-state index contributed by atoms with van der Waals surface area (Å²) in [5.74, 6) is 1.68. The molecule has 0 aliphatic carbocycles. The van der Waals surface area contributed by atoms with Crippen LogP contribution in [0.3, 0.4) is 0 Å². The minimum atomic E-state index is 0.